The molecule has 2 atom stereocenters. The summed E-state index contributed by atoms with van der Waals surface area (Å²) in [4.78, 5) is 2.44. The van der Waals surface area contributed by atoms with Gasteiger partial charge in [0.25, 0.3) is 0 Å². The van der Waals surface area contributed by atoms with Crippen LogP contribution >= 0.6 is 0 Å². The van der Waals surface area contributed by atoms with Gasteiger partial charge in [0.05, 0.1) is 6.54 Å². The van der Waals surface area contributed by atoms with Gasteiger partial charge in [-0.05, 0) is 37.0 Å². The molecule has 0 unspecified atom stereocenters. The minimum absolute atomic E-state index is 0.177. The van der Waals surface area contributed by atoms with E-state index in [-0.39, 0.29) is 5.82 Å². The second kappa shape index (κ2) is 7.00. The van der Waals surface area contributed by atoms with Crippen LogP contribution in [0.25, 0.3) is 11.4 Å². The lowest BCUT2D eigenvalue weighted by molar-refractivity contribution is 0.249. The minimum atomic E-state index is -0.177. The van der Waals surface area contributed by atoms with Crippen LogP contribution in [0.15, 0.2) is 54.6 Å². The molecule has 3 aromatic rings. The molecule has 2 aromatic carbocycles. The standard InChI is InChI=1S/C21H23FN4/c1-15-12-18(16-8-10-19(22)11-9-16)13-26(15)14-20-23-24-21(25(20)2)17-6-4-3-5-7-17/h3-11,15,18H,12-14H2,1-2H3/t15-,18+/m0/s1. The molecule has 0 spiro atoms. The van der Waals surface area contributed by atoms with E-state index in [1.54, 1.807) is 12.1 Å². The zero-order valence-electron chi connectivity index (χ0n) is 15.1. The minimum Gasteiger partial charge on any atom is -0.313 e. The van der Waals surface area contributed by atoms with Crippen molar-refractivity contribution in [2.75, 3.05) is 6.54 Å². The molecule has 0 radical (unpaired) electrons. The van der Waals surface area contributed by atoms with Gasteiger partial charge in [0.15, 0.2) is 5.82 Å². The molecule has 1 aliphatic heterocycles. The number of halogens is 1. The molecule has 1 saturated heterocycles. The fourth-order valence-corrected chi connectivity index (χ4v) is 3.81. The Balaban J connectivity index is 1.49. The van der Waals surface area contributed by atoms with Gasteiger partial charge in [-0.1, -0.05) is 42.5 Å². The first kappa shape index (κ1) is 16.9. The monoisotopic (exact) mass is 350 g/mol. The van der Waals surface area contributed by atoms with E-state index >= 15 is 0 Å². The van der Waals surface area contributed by atoms with Crippen LogP contribution in [0.4, 0.5) is 4.39 Å². The molecule has 5 heteroatoms. The first-order valence-corrected chi connectivity index (χ1v) is 9.05. The molecule has 26 heavy (non-hydrogen) atoms. The normalized spacial score (nSPS) is 20.6. The highest BCUT2D eigenvalue weighted by Crippen LogP contribution is 2.32. The highest BCUT2D eigenvalue weighted by atomic mass is 19.1. The third kappa shape index (κ3) is 3.27. The van der Waals surface area contributed by atoms with Gasteiger partial charge in [-0.3, -0.25) is 4.90 Å². The smallest absolute Gasteiger partial charge is 0.163 e. The molecule has 4 rings (SSSR count). The van der Waals surface area contributed by atoms with Crippen molar-refractivity contribution in [3.63, 3.8) is 0 Å². The van der Waals surface area contributed by atoms with Crippen molar-refractivity contribution < 1.29 is 4.39 Å². The Morgan fingerprint density at radius 1 is 1.04 bits per heavy atom. The molecule has 4 nitrogen and oxygen atoms in total. The second-order valence-electron chi connectivity index (χ2n) is 7.13. The van der Waals surface area contributed by atoms with Gasteiger partial charge in [-0.15, -0.1) is 10.2 Å². The quantitative estimate of drug-likeness (QED) is 0.713. The van der Waals surface area contributed by atoms with Crippen LogP contribution in [0.5, 0.6) is 0 Å². The molecule has 1 aliphatic rings. The zero-order chi connectivity index (χ0) is 18.1. The fourth-order valence-electron chi connectivity index (χ4n) is 3.81. The summed E-state index contributed by atoms with van der Waals surface area (Å²) in [6.45, 7) is 3.98. The number of hydrogen-bond acceptors (Lipinski definition) is 3. The van der Waals surface area contributed by atoms with Crippen LogP contribution in [0.3, 0.4) is 0 Å². The van der Waals surface area contributed by atoms with Crippen LogP contribution in [-0.2, 0) is 13.6 Å². The van der Waals surface area contributed by atoms with E-state index in [4.69, 9.17) is 0 Å². The van der Waals surface area contributed by atoms with Crippen LogP contribution < -0.4 is 0 Å². The largest absolute Gasteiger partial charge is 0.313 e. The molecule has 1 aromatic heterocycles. The van der Waals surface area contributed by atoms with Gasteiger partial charge in [-0.25, -0.2) is 4.39 Å². The third-order valence-electron chi connectivity index (χ3n) is 5.39. The molecular formula is C21H23FN4. The summed E-state index contributed by atoms with van der Waals surface area (Å²) in [7, 11) is 2.02. The Hall–Kier alpha value is -2.53. The predicted molar refractivity (Wildman–Crippen MR) is 100 cm³/mol. The van der Waals surface area contributed by atoms with Crippen LogP contribution in [0.1, 0.15) is 30.7 Å². The zero-order valence-corrected chi connectivity index (χ0v) is 15.1. The van der Waals surface area contributed by atoms with E-state index in [2.05, 4.69) is 38.7 Å². The van der Waals surface area contributed by atoms with Crippen molar-refractivity contribution in [2.45, 2.75) is 31.8 Å². The molecule has 134 valence electrons. The van der Waals surface area contributed by atoms with E-state index in [1.165, 1.54) is 5.56 Å². The fraction of sp³-hybridized carbons (Fsp3) is 0.333. The predicted octanol–water partition coefficient (Wildman–Crippen LogP) is 4.00. The topological polar surface area (TPSA) is 34.0 Å². The summed E-state index contributed by atoms with van der Waals surface area (Å²) in [6.07, 6.45) is 1.08. The number of aromatic nitrogens is 3. The first-order valence-electron chi connectivity index (χ1n) is 9.05. The van der Waals surface area contributed by atoms with Gasteiger partial charge in [0.2, 0.25) is 0 Å². The van der Waals surface area contributed by atoms with Gasteiger partial charge < -0.3 is 4.57 Å². The lowest BCUT2D eigenvalue weighted by atomic mass is 9.97. The van der Waals surface area contributed by atoms with Crippen molar-refractivity contribution >= 4 is 0 Å². The summed E-state index contributed by atoms with van der Waals surface area (Å²) in [5.41, 5.74) is 2.29. The van der Waals surface area contributed by atoms with Gasteiger partial charge >= 0.3 is 0 Å². The lowest BCUT2D eigenvalue weighted by Crippen LogP contribution is -2.28. The average Bonchev–Trinajstić information content (AvgIpc) is 3.20. The molecule has 0 aliphatic carbocycles. The van der Waals surface area contributed by atoms with E-state index in [0.717, 1.165) is 36.7 Å². The molecule has 0 amide bonds. The number of rotatable bonds is 4. The Bertz CT molecular complexity index is 873. The maximum atomic E-state index is 13.2. The highest BCUT2D eigenvalue weighted by molar-refractivity contribution is 5.54. The molecule has 0 bridgehead atoms. The summed E-state index contributed by atoms with van der Waals surface area (Å²) < 4.78 is 15.2. The van der Waals surface area contributed by atoms with E-state index in [1.807, 2.05) is 37.4 Å². The van der Waals surface area contributed by atoms with E-state index < -0.39 is 0 Å². The molecule has 0 saturated carbocycles. The summed E-state index contributed by atoms with van der Waals surface area (Å²) >= 11 is 0. The highest BCUT2D eigenvalue weighted by Gasteiger charge is 2.31. The number of hydrogen-bond donors (Lipinski definition) is 0. The first-order chi connectivity index (χ1) is 12.6. The van der Waals surface area contributed by atoms with Crippen molar-refractivity contribution in [3.05, 3.63) is 71.8 Å². The Morgan fingerprint density at radius 2 is 1.77 bits per heavy atom. The maximum absolute atomic E-state index is 13.2. The Morgan fingerprint density at radius 3 is 2.50 bits per heavy atom. The van der Waals surface area contributed by atoms with Crippen molar-refractivity contribution in [3.8, 4) is 11.4 Å². The molecular weight excluding hydrogens is 327 g/mol. The summed E-state index contributed by atoms with van der Waals surface area (Å²) in [5.74, 6) is 2.12. The van der Waals surface area contributed by atoms with Crippen LogP contribution in [-0.4, -0.2) is 32.3 Å². The molecule has 1 fully saturated rings. The van der Waals surface area contributed by atoms with Crippen molar-refractivity contribution in [2.24, 2.45) is 7.05 Å². The number of benzene rings is 2. The molecule has 2 heterocycles. The average molecular weight is 350 g/mol. The van der Waals surface area contributed by atoms with Gasteiger partial charge in [-0.2, -0.15) is 0 Å². The van der Waals surface area contributed by atoms with Crippen LogP contribution in [0.2, 0.25) is 0 Å². The van der Waals surface area contributed by atoms with Crippen LogP contribution in [0, 0.1) is 5.82 Å². The lowest BCUT2D eigenvalue weighted by Gasteiger charge is -2.20. The number of nitrogens with zero attached hydrogens (tertiary/aromatic N) is 4. The molecule has 0 N–H and O–H groups in total. The Kier molecular flexibility index (Phi) is 4.55. The summed E-state index contributed by atoms with van der Waals surface area (Å²) in [6, 6.07) is 17.5. The SMILES string of the molecule is C[C@H]1C[C@@H](c2ccc(F)cc2)CN1Cc1nnc(-c2ccccc2)n1C. The van der Waals surface area contributed by atoms with Gasteiger partial charge in [0.1, 0.15) is 11.6 Å². The van der Waals surface area contributed by atoms with E-state index in [0.29, 0.717) is 12.0 Å². The third-order valence-corrected chi connectivity index (χ3v) is 5.39. The van der Waals surface area contributed by atoms with Gasteiger partial charge in [0, 0.05) is 25.2 Å². The Labute approximate surface area is 153 Å². The van der Waals surface area contributed by atoms with E-state index in [9.17, 15) is 4.39 Å². The van der Waals surface area contributed by atoms with Crippen molar-refractivity contribution in [1.82, 2.24) is 19.7 Å². The summed E-state index contributed by atoms with van der Waals surface area (Å²) in [5, 5.41) is 8.81. The van der Waals surface area contributed by atoms with Crippen molar-refractivity contribution in [1.29, 1.82) is 0 Å². The number of likely N-dealkylation sites (tertiary alicyclic amines) is 1. The second-order valence-corrected chi connectivity index (χ2v) is 7.13. The maximum Gasteiger partial charge on any atom is 0.163 e.